The van der Waals surface area contributed by atoms with Crippen molar-refractivity contribution in [3.63, 3.8) is 0 Å². The lowest BCUT2D eigenvalue weighted by molar-refractivity contribution is -0.688. The molecule has 0 aliphatic heterocycles. The van der Waals surface area contributed by atoms with Gasteiger partial charge in [0.05, 0.1) is 0 Å². The Hall–Kier alpha value is -2.67. The van der Waals surface area contributed by atoms with E-state index in [1.54, 1.807) is 0 Å². The number of rotatable bonds is 2. The summed E-state index contributed by atoms with van der Waals surface area (Å²) < 4.78 is 2.19. The van der Waals surface area contributed by atoms with Crippen LogP contribution in [0.5, 0.6) is 0 Å². The summed E-state index contributed by atoms with van der Waals surface area (Å²) in [5.74, 6) is 0. The predicted molar refractivity (Wildman–Crippen MR) is 87.9 cm³/mol. The van der Waals surface area contributed by atoms with Crippen LogP contribution in [0.3, 0.4) is 0 Å². The number of hydrogen-bond donors (Lipinski definition) is 0. The topological polar surface area (TPSA) is 3.88 Å². The van der Waals surface area contributed by atoms with E-state index in [9.17, 15) is 0 Å². The molecule has 4 aromatic rings. The Morgan fingerprint density at radius 1 is 0.810 bits per heavy atom. The molecule has 1 heteroatoms. The van der Waals surface area contributed by atoms with E-state index < -0.39 is 0 Å². The number of hydrogen-bond acceptors (Lipinski definition) is 0. The van der Waals surface area contributed by atoms with Crippen molar-refractivity contribution in [3.05, 3.63) is 83.8 Å². The van der Waals surface area contributed by atoms with Crippen molar-refractivity contribution in [2.75, 3.05) is 0 Å². The molecule has 0 unspecified atom stereocenters. The SMILES string of the molecule is C=c1c(C[n+]2ccccc2)cc2cccc3cccc1c32. The van der Waals surface area contributed by atoms with Gasteiger partial charge in [0.15, 0.2) is 18.9 Å². The first-order valence-corrected chi connectivity index (χ1v) is 7.19. The standard InChI is InChI=1S/C20H16N/c1-15-18(14-21-11-3-2-4-12-21)13-17-9-5-7-16-8-6-10-19(15)20(16)17/h2-13H,1,14H2/q+1. The fraction of sp³-hybridized carbons (Fsp3) is 0.0500. The molecule has 1 heterocycles. The number of nitrogens with zero attached hydrogens (tertiary/aromatic N) is 1. The maximum absolute atomic E-state index is 4.33. The Bertz CT molecular complexity index is 966. The molecule has 1 nitrogen and oxygen atoms in total. The molecule has 0 fully saturated rings. The highest BCUT2D eigenvalue weighted by atomic mass is 14.9. The van der Waals surface area contributed by atoms with Crippen LogP contribution in [0.2, 0.25) is 0 Å². The third-order valence-electron chi connectivity index (χ3n) is 4.11. The summed E-state index contributed by atoms with van der Waals surface area (Å²) >= 11 is 0. The predicted octanol–water partition coefficient (Wildman–Crippen LogP) is 3.46. The van der Waals surface area contributed by atoms with Gasteiger partial charge in [-0.15, -0.1) is 0 Å². The average Bonchev–Trinajstić information content (AvgIpc) is 2.53. The summed E-state index contributed by atoms with van der Waals surface area (Å²) in [5, 5.41) is 6.30. The van der Waals surface area contributed by atoms with E-state index in [1.165, 1.54) is 27.1 Å². The third kappa shape index (κ3) is 1.98. The summed E-state index contributed by atoms with van der Waals surface area (Å²) in [6.07, 6.45) is 4.18. The third-order valence-corrected chi connectivity index (χ3v) is 4.11. The van der Waals surface area contributed by atoms with Crippen molar-refractivity contribution in [2.24, 2.45) is 0 Å². The maximum atomic E-state index is 4.33. The molecule has 3 aromatic carbocycles. The highest BCUT2D eigenvalue weighted by Gasteiger charge is 2.09. The fourth-order valence-corrected chi connectivity index (χ4v) is 3.07. The second kappa shape index (κ2) is 4.71. The first-order valence-electron chi connectivity index (χ1n) is 7.19. The molecule has 0 radical (unpaired) electrons. The van der Waals surface area contributed by atoms with Crippen molar-refractivity contribution >= 4 is 28.1 Å². The normalized spacial score (nSPS) is 11.2. The van der Waals surface area contributed by atoms with Gasteiger partial charge in [-0.2, -0.15) is 0 Å². The van der Waals surface area contributed by atoms with Crippen molar-refractivity contribution in [3.8, 4) is 0 Å². The molecular formula is C20H16N+. The van der Waals surface area contributed by atoms with E-state index in [-0.39, 0.29) is 0 Å². The molecule has 1 aromatic heterocycles. The zero-order valence-electron chi connectivity index (χ0n) is 11.8. The molecule has 100 valence electrons. The molecule has 0 aliphatic carbocycles. The van der Waals surface area contributed by atoms with Gasteiger partial charge in [0.1, 0.15) is 0 Å². The minimum Gasteiger partial charge on any atom is -0.201 e. The van der Waals surface area contributed by atoms with Gasteiger partial charge in [-0.05, 0) is 32.8 Å². The van der Waals surface area contributed by atoms with Gasteiger partial charge in [0, 0.05) is 17.7 Å². The van der Waals surface area contributed by atoms with E-state index in [0.29, 0.717) is 0 Å². The zero-order valence-corrected chi connectivity index (χ0v) is 11.8. The smallest absolute Gasteiger partial charge is 0.174 e. The van der Waals surface area contributed by atoms with Gasteiger partial charge in [-0.1, -0.05) is 49.0 Å². The number of benzene rings is 3. The first kappa shape index (κ1) is 12.1. The first-order chi connectivity index (χ1) is 10.3. The van der Waals surface area contributed by atoms with Crippen molar-refractivity contribution in [1.29, 1.82) is 0 Å². The molecule has 4 rings (SSSR count). The van der Waals surface area contributed by atoms with Gasteiger partial charge in [0.25, 0.3) is 0 Å². The van der Waals surface area contributed by atoms with Crippen LogP contribution in [0.1, 0.15) is 5.56 Å². The Balaban J connectivity index is 1.99. The summed E-state index contributed by atoms with van der Waals surface area (Å²) in [4.78, 5) is 0. The molecule has 0 aliphatic rings. The zero-order chi connectivity index (χ0) is 14.2. The van der Waals surface area contributed by atoms with Gasteiger partial charge < -0.3 is 0 Å². The molecule has 21 heavy (non-hydrogen) atoms. The average molecular weight is 270 g/mol. The Kier molecular flexibility index (Phi) is 2.71. The highest BCUT2D eigenvalue weighted by Crippen LogP contribution is 2.25. The fourth-order valence-electron chi connectivity index (χ4n) is 3.07. The van der Waals surface area contributed by atoms with Crippen LogP contribution in [0, 0.1) is 0 Å². The molecule has 0 spiro atoms. The van der Waals surface area contributed by atoms with E-state index >= 15 is 0 Å². The number of aromatic nitrogens is 1. The van der Waals surface area contributed by atoms with Crippen LogP contribution < -0.4 is 9.79 Å². The molecule has 0 saturated heterocycles. The Labute approximate surface area is 123 Å². The second-order valence-electron chi connectivity index (χ2n) is 5.45. The summed E-state index contributed by atoms with van der Waals surface area (Å²) in [6.45, 7) is 5.19. The van der Waals surface area contributed by atoms with Crippen LogP contribution in [0.15, 0.2) is 73.1 Å². The van der Waals surface area contributed by atoms with Crippen LogP contribution in [0.25, 0.3) is 28.1 Å². The Morgan fingerprint density at radius 2 is 1.52 bits per heavy atom. The van der Waals surface area contributed by atoms with Crippen molar-refractivity contribution in [2.45, 2.75) is 6.54 Å². The summed E-state index contributed by atoms with van der Waals surface area (Å²) in [6, 6.07) is 21.4. The lowest BCUT2D eigenvalue weighted by atomic mass is 9.96. The van der Waals surface area contributed by atoms with E-state index in [4.69, 9.17) is 0 Å². The molecule has 0 N–H and O–H groups in total. The van der Waals surface area contributed by atoms with Gasteiger partial charge in [-0.25, -0.2) is 4.57 Å². The summed E-state index contributed by atoms with van der Waals surface area (Å²) in [5.41, 5.74) is 1.28. The van der Waals surface area contributed by atoms with Gasteiger partial charge in [-0.3, -0.25) is 0 Å². The highest BCUT2D eigenvalue weighted by molar-refractivity contribution is 6.10. The monoisotopic (exact) mass is 270 g/mol. The molecule has 0 amide bonds. The van der Waals surface area contributed by atoms with E-state index in [1.807, 2.05) is 6.07 Å². The maximum Gasteiger partial charge on any atom is 0.174 e. The van der Waals surface area contributed by atoms with Gasteiger partial charge in [0.2, 0.25) is 0 Å². The van der Waals surface area contributed by atoms with E-state index in [0.717, 1.165) is 11.8 Å². The minimum atomic E-state index is 0.852. The number of pyridine rings is 1. The minimum absolute atomic E-state index is 0.852. The second-order valence-corrected chi connectivity index (χ2v) is 5.45. The van der Waals surface area contributed by atoms with Gasteiger partial charge >= 0.3 is 0 Å². The molecule has 0 saturated carbocycles. The largest absolute Gasteiger partial charge is 0.201 e. The quantitative estimate of drug-likeness (QED) is 0.491. The molecular weight excluding hydrogens is 254 g/mol. The lowest BCUT2D eigenvalue weighted by Crippen LogP contribution is -2.35. The van der Waals surface area contributed by atoms with Crippen molar-refractivity contribution < 1.29 is 4.57 Å². The van der Waals surface area contributed by atoms with Crippen LogP contribution in [-0.4, -0.2) is 0 Å². The van der Waals surface area contributed by atoms with Crippen LogP contribution >= 0.6 is 0 Å². The van der Waals surface area contributed by atoms with Crippen molar-refractivity contribution in [1.82, 2.24) is 0 Å². The van der Waals surface area contributed by atoms with Crippen LogP contribution in [-0.2, 0) is 6.54 Å². The van der Waals surface area contributed by atoms with Crippen LogP contribution in [0.4, 0.5) is 0 Å². The lowest BCUT2D eigenvalue weighted by Gasteiger charge is -2.09. The summed E-state index contributed by atoms with van der Waals surface area (Å²) in [7, 11) is 0. The molecule has 0 atom stereocenters. The van der Waals surface area contributed by atoms with E-state index in [2.05, 4.69) is 78.1 Å². The molecule has 0 bridgehead atoms. The Morgan fingerprint density at radius 3 is 2.33 bits per heavy atom.